The van der Waals surface area contributed by atoms with Gasteiger partial charge in [-0.25, -0.2) is 9.37 Å². The van der Waals surface area contributed by atoms with Crippen LogP contribution in [0.2, 0.25) is 0 Å². The SMILES string of the molecule is O=C(NNC(=O)c1cnc(-c2ccccc2F)s1)c1ccc(Br)s1. The Kier molecular flexibility index (Phi) is 5.03. The Labute approximate surface area is 152 Å². The minimum atomic E-state index is -0.515. The van der Waals surface area contributed by atoms with Crippen molar-refractivity contribution in [1.82, 2.24) is 15.8 Å². The summed E-state index contributed by atoms with van der Waals surface area (Å²) in [5, 5.41) is 0.395. The summed E-state index contributed by atoms with van der Waals surface area (Å²) in [6.45, 7) is 0. The lowest BCUT2D eigenvalue weighted by Gasteiger charge is -2.04. The zero-order valence-electron chi connectivity index (χ0n) is 11.9. The van der Waals surface area contributed by atoms with Crippen molar-refractivity contribution in [1.29, 1.82) is 0 Å². The molecule has 24 heavy (non-hydrogen) atoms. The van der Waals surface area contributed by atoms with Crippen LogP contribution in [0.5, 0.6) is 0 Å². The molecule has 0 radical (unpaired) electrons. The van der Waals surface area contributed by atoms with Gasteiger partial charge in [0, 0.05) is 5.56 Å². The van der Waals surface area contributed by atoms with Gasteiger partial charge >= 0.3 is 0 Å². The van der Waals surface area contributed by atoms with Crippen LogP contribution >= 0.6 is 38.6 Å². The molecule has 3 rings (SSSR count). The Hall–Kier alpha value is -2.10. The summed E-state index contributed by atoms with van der Waals surface area (Å²) >= 11 is 5.55. The summed E-state index contributed by atoms with van der Waals surface area (Å²) in [5.41, 5.74) is 4.97. The van der Waals surface area contributed by atoms with E-state index in [4.69, 9.17) is 0 Å². The molecule has 5 nitrogen and oxygen atoms in total. The van der Waals surface area contributed by atoms with Gasteiger partial charge in [-0.3, -0.25) is 20.4 Å². The molecule has 0 fully saturated rings. The number of carbonyl (C=O) groups excluding carboxylic acids is 2. The fourth-order valence-corrected chi connectivity index (χ4v) is 3.93. The van der Waals surface area contributed by atoms with Crippen LogP contribution in [0.1, 0.15) is 19.3 Å². The molecule has 0 saturated heterocycles. The number of aromatic nitrogens is 1. The molecule has 3 aromatic rings. The first kappa shape index (κ1) is 16.7. The van der Waals surface area contributed by atoms with Crippen molar-refractivity contribution in [3.8, 4) is 10.6 Å². The molecule has 2 amide bonds. The van der Waals surface area contributed by atoms with E-state index in [0.717, 1.165) is 15.1 Å². The van der Waals surface area contributed by atoms with E-state index in [1.54, 1.807) is 30.3 Å². The molecule has 2 N–H and O–H groups in total. The Morgan fingerprint density at radius 3 is 2.38 bits per heavy atom. The zero-order chi connectivity index (χ0) is 17.1. The Balaban J connectivity index is 1.66. The van der Waals surface area contributed by atoms with E-state index in [-0.39, 0.29) is 4.88 Å². The summed E-state index contributed by atoms with van der Waals surface area (Å²) in [5.74, 6) is -1.34. The van der Waals surface area contributed by atoms with Crippen LogP contribution in [0.15, 0.2) is 46.4 Å². The van der Waals surface area contributed by atoms with Gasteiger partial charge in [0.25, 0.3) is 11.8 Å². The number of hydrogen-bond acceptors (Lipinski definition) is 5. The predicted molar refractivity (Wildman–Crippen MR) is 94.5 cm³/mol. The minimum Gasteiger partial charge on any atom is -0.266 e. The topological polar surface area (TPSA) is 71.1 Å². The first-order chi connectivity index (χ1) is 11.5. The molecule has 2 heterocycles. The minimum absolute atomic E-state index is 0.265. The summed E-state index contributed by atoms with van der Waals surface area (Å²) < 4.78 is 14.6. The second kappa shape index (κ2) is 7.20. The van der Waals surface area contributed by atoms with E-state index in [1.165, 1.54) is 23.6 Å². The summed E-state index contributed by atoms with van der Waals surface area (Å²) in [6, 6.07) is 9.57. The van der Waals surface area contributed by atoms with Crippen molar-refractivity contribution in [2.24, 2.45) is 0 Å². The molecule has 0 spiro atoms. The molecule has 122 valence electrons. The lowest BCUT2D eigenvalue weighted by Crippen LogP contribution is -2.41. The Morgan fingerprint density at radius 1 is 1.00 bits per heavy atom. The summed E-state index contributed by atoms with van der Waals surface area (Å²) in [6.07, 6.45) is 1.34. The molecule has 0 aliphatic rings. The Bertz CT molecular complexity index is 910. The third kappa shape index (κ3) is 3.69. The molecule has 9 heteroatoms. The molecule has 0 bridgehead atoms. The fourth-order valence-electron chi connectivity index (χ4n) is 1.81. The second-order valence-electron chi connectivity index (χ2n) is 4.52. The largest absolute Gasteiger partial charge is 0.281 e. The van der Waals surface area contributed by atoms with Crippen molar-refractivity contribution in [3.63, 3.8) is 0 Å². The van der Waals surface area contributed by atoms with Crippen molar-refractivity contribution in [3.05, 3.63) is 62.0 Å². The van der Waals surface area contributed by atoms with Crippen molar-refractivity contribution in [2.75, 3.05) is 0 Å². The smallest absolute Gasteiger partial charge is 0.266 e. The average molecular weight is 426 g/mol. The zero-order valence-corrected chi connectivity index (χ0v) is 15.1. The van der Waals surface area contributed by atoms with Crippen LogP contribution in [0.3, 0.4) is 0 Å². The average Bonchev–Trinajstić information content (AvgIpc) is 3.22. The fraction of sp³-hybridized carbons (Fsp3) is 0. The lowest BCUT2D eigenvalue weighted by molar-refractivity contribution is 0.0851. The van der Waals surface area contributed by atoms with Gasteiger partial charge in [0.15, 0.2) is 0 Å². The van der Waals surface area contributed by atoms with Crippen molar-refractivity contribution < 1.29 is 14.0 Å². The number of carbonyl (C=O) groups is 2. The molecule has 0 unspecified atom stereocenters. The van der Waals surface area contributed by atoms with Crippen molar-refractivity contribution in [2.45, 2.75) is 0 Å². The van der Waals surface area contributed by atoms with Gasteiger partial charge in [0.05, 0.1) is 14.9 Å². The van der Waals surface area contributed by atoms with E-state index in [1.807, 2.05) is 0 Å². The molecule has 1 aromatic carbocycles. The number of thiophene rings is 1. The molecular weight excluding hydrogens is 417 g/mol. The highest BCUT2D eigenvalue weighted by molar-refractivity contribution is 9.11. The van der Waals surface area contributed by atoms with Gasteiger partial charge in [0.2, 0.25) is 0 Å². The normalized spacial score (nSPS) is 10.4. The molecule has 0 saturated carbocycles. The van der Waals surface area contributed by atoms with Crippen LogP contribution in [0.4, 0.5) is 4.39 Å². The second-order valence-corrected chi connectivity index (χ2v) is 8.02. The van der Waals surface area contributed by atoms with E-state index >= 15 is 0 Å². The molecular formula is C15H9BrFN3O2S2. The monoisotopic (exact) mass is 425 g/mol. The highest BCUT2D eigenvalue weighted by Crippen LogP contribution is 2.27. The first-order valence-electron chi connectivity index (χ1n) is 6.61. The maximum Gasteiger partial charge on any atom is 0.281 e. The number of rotatable bonds is 3. The van der Waals surface area contributed by atoms with Gasteiger partial charge in [-0.05, 0) is 40.2 Å². The number of halogens is 2. The number of amides is 2. The maximum atomic E-state index is 13.7. The van der Waals surface area contributed by atoms with E-state index in [2.05, 4.69) is 31.8 Å². The van der Waals surface area contributed by atoms with Gasteiger partial charge in [-0.1, -0.05) is 12.1 Å². The number of nitrogens with one attached hydrogen (secondary N) is 2. The van der Waals surface area contributed by atoms with Crippen LogP contribution in [-0.2, 0) is 0 Å². The standard InChI is InChI=1S/C15H9BrFN3O2S2/c16-12-6-5-10(23-12)13(21)19-20-14(22)11-7-18-15(24-11)8-3-1-2-4-9(8)17/h1-7H,(H,19,21)(H,20,22). The van der Waals surface area contributed by atoms with Crippen molar-refractivity contribution >= 4 is 50.4 Å². The summed E-state index contributed by atoms with van der Waals surface area (Å²) in [4.78, 5) is 28.7. The van der Waals surface area contributed by atoms with Crippen LogP contribution in [0, 0.1) is 5.82 Å². The highest BCUT2D eigenvalue weighted by Gasteiger charge is 2.15. The van der Waals surface area contributed by atoms with Crippen LogP contribution in [0.25, 0.3) is 10.6 Å². The van der Waals surface area contributed by atoms with Gasteiger partial charge in [0.1, 0.15) is 15.7 Å². The third-order valence-electron chi connectivity index (χ3n) is 2.92. The maximum absolute atomic E-state index is 13.7. The number of hydrogen-bond donors (Lipinski definition) is 2. The highest BCUT2D eigenvalue weighted by atomic mass is 79.9. The van der Waals surface area contributed by atoms with E-state index in [9.17, 15) is 14.0 Å². The first-order valence-corrected chi connectivity index (χ1v) is 9.04. The lowest BCUT2D eigenvalue weighted by atomic mass is 10.2. The number of benzene rings is 1. The molecule has 0 aliphatic carbocycles. The van der Waals surface area contributed by atoms with Gasteiger partial charge in [-0.15, -0.1) is 22.7 Å². The number of nitrogens with zero attached hydrogens (tertiary/aromatic N) is 1. The molecule has 0 aliphatic heterocycles. The van der Waals surface area contributed by atoms with Gasteiger partial charge in [-0.2, -0.15) is 0 Å². The molecule has 0 atom stereocenters. The van der Waals surface area contributed by atoms with Crippen LogP contribution < -0.4 is 10.9 Å². The molecule has 2 aromatic heterocycles. The quantitative estimate of drug-likeness (QED) is 0.626. The van der Waals surface area contributed by atoms with E-state index < -0.39 is 17.6 Å². The predicted octanol–water partition coefficient (Wildman–Crippen LogP) is 3.85. The van der Waals surface area contributed by atoms with Crippen LogP contribution in [-0.4, -0.2) is 16.8 Å². The summed E-state index contributed by atoms with van der Waals surface area (Å²) in [7, 11) is 0. The van der Waals surface area contributed by atoms with Gasteiger partial charge < -0.3 is 0 Å². The third-order valence-corrected chi connectivity index (χ3v) is 5.57. The Morgan fingerprint density at radius 2 is 1.71 bits per heavy atom. The van der Waals surface area contributed by atoms with E-state index in [0.29, 0.717) is 15.4 Å². The number of thiazole rings is 1. The number of hydrazine groups is 1.